The molecule has 0 unspecified atom stereocenters. The summed E-state index contributed by atoms with van der Waals surface area (Å²) in [5, 5.41) is 8.01. The molecule has 9 heteroatoms. The zero-order valence-electron chi connectivity index (χ0n) is 18.0. The van der Waals surface area contributed by atoms with Crippen molar-refractivity contribution in [3.8, 4) is 11.3 Å². The van der Waals surface area contributed by atoms with Gasteiger partial charge in [0.2, 0.25) is 0 Å². The molecule has 1 aliphatic rings. The van der Waals surface area contributed by atoms with Gasteiger partial charge < -0.3 is 15.6 Å². The van der Waals surface area contributed by atoms with Crippen LogP contribution in [0.1, 0.15) is 24.4 Å². The van der Waals surface area contributed by atoms with Gasteiger partial charge in [-0.25, -0.2) is 9.07 Å². The number of fused-ring (bicyclic) bond motifs is 1. The molecule has 0 atom stereocenters. The van der Waals surface area contributed by atoms with Crippen molar-refractivity contribution >= 4 is 50.6 Å². The van der Waals surface area contributed by atoms with Gasteiger partial charge >= 0.3 is 0 Å². The van der Waals surface area contributed by atoms with Crippen LogP contribution in [0.5, 0.6) is 0 Å². The molecule has 0 spiro atoms. The summed E-state index contributed by atoms with van der Waals surface area (Å²) in [4.78, 5) is 26.8. The highest BCUT2D eigenvalue weighted by Crippen LogP contribution is 2.37. The van der Waals surface area contributed by atoms with Crippen molar-refractivity contribution in [3.05, 3.63) is 78.1 Å². The van der Waals surface area contributed by atoms with E-state index >= 15 is 0 Å². The molecule has 33 heavy (non-hydrogen) atoms. The van der Waals surface area contributed by atoms with Crippen molar-refractivity contribution in [2.45, 2.75) is 25.8 Å². The number of hydrogen-bond donors (Lipinski definition) is 2. The Kier molecular flexibility index (Phi) is 5.23. The van der Waals surface area contributed by atoms with E-state index in [2.05, 4.69) is 10.4 Å². The molecule has 168 valence electrons. The Balaban J connectivity index is 1.90. The van der Waals surface area contributed by atoms with E-state index in [1.54, 1.807) is 44.3 Å². The molecule has 3 N–H and O–H groups in total. The molecule has 2 aromatic heterocycles. The molecule has 0 amide bonds. The lowest BCUT2D eigenvalue weighted by molar-refractivity contribution is 0.607. The quantitative estimate of drug-likeness (QED) is 0.285. The summed E-state index contributed by atoms with van der Waals surface area (Å²) >= 11 is 2.03. The summed E-state index contributed by atoms with van der Waals surface area (Å²) in [6.45, 7) is 1.64. The number of hydrogen-bond acceptors (Lipinski definition) is 5. The van der Waals surface area contributed by atoms with Gasteiger partial charge in [-0.05, 0) is 72.7 Å². The first-order chi connectivity index (χ1) is 15.8. The molecule has 1 saturated carbocycles. The number of aryl methyl sites for hydroxylation is 1. The number of aromatic nitrogens is 3. The number of benzene rings is 2. The normalized spacial score (nSPS) is 13.5. The second-order valence-electron chi connectivity index (χ2n) is 8.29. The average molecular weight is 557 g/mol. The number of nitrogen functional groups attached to an aromatic ring is 1. The third kappa shape index (κ3) is 3.69. The number of halogens is 2. The standard InChI is InChI=1S/C24H21FIN5O2/c1-12-20(28-18-9-6-14(26)11-17(18)25)19-22(30(2)23(12)32)21(13-4-3-5-15(27)10-13)29-31(24(19)33)16-7-8-16/h3-6,9-11,16,28H,7-8,27H2,1-2H3. The first-order valence-corrected chi connectivity index (χ1v) is 11.6. The van der Waals surface area contributed by atoms with Crippen LogP contribution in [-0.4, -0.2) is 14.3 Å². The van der Waals surface area contributed by atoms with E-state index in [-0.39, 0.29) is 22.8 Å². The fourth-order valence-corrected chi connectivity index (χ4v) is 4.52. The van der Waals surface area contributed by atoms with Gasteiger partial charge in [-0.3, -0.25) is 9.59 Å². The van der Waals surface area contributed by atoms with Gasteiger partial charge in [0.05, 0.1) is 28.3 Å². The Labute approximate surface area is 202 Å². The lowest BCUT2D eigenvalue weighted by Gasteiger charge is -2.19. The molecule has 1 fully saturated rings. The van der Waals surface area contributed by atoms with Crippen LogP contribution in [0.2, 0.25) is 0 Å². The van der Waals surface area contributed by atoms with Crippen LogP contribution in [0.25, 0.3) is 22.2 Å². The van der Waals surface area contributed by atoms with Crippen LogP contribution in [-0.2, 0) is 7.05 Å². The Bertz CT molecular complexity index is 1560. The van der Waals surface area contributed by atoms with Gasteiger partial charge in [-0.15, -0.1) is 0 Å². The maximum atomic E-state index is 14.7. The fourth-order valence-electron chi connectivity index (χ4n) is 4.06. The van der Waals surface area contributed by atoms with Gasteiger partial charge in [-0.1, -0.05) is 12.1 Å². The molecule has 0 aliphatic heterocycles. The minimum absolute atomic E-state index is 0.00198. The maximum Gasteiger partial charge on any atom is 0.278 e. The average Bonchev–Trinajstić information content (AvgIpc) is 3.62. The molecule has 2 heterocycles. The molecule has 1 aliphatic carbocycles. The van der Waals surface area contributed by atoms with Crippen LogP contribution < -0.4 is 22.2 Å². The van der Waals surface area contributed by atoms with E-state index in [9.17, 15) is 14.0 Å². The van der Waals surface area contributed by atoms with Crippen LogP contribution >= 0.6 is 22.6 Å². The van der Waals surface area contributed by atoms with E-state index in [4.69, 9.17) is 5.73 Å². The van der Waals surface area contributed by atoms with Crippen LogP contribution in [0.4, 0.5) is 21.5 Å². The Hall–Kier alpha value is -3.21. The van der Waals surface area contributed by atoms with E-state index < -0.39 is 5.82 Å². The van der Waals surface area contributed by atoms with Crippen molar-refractivity contribution < 1.29 is 4.39 Å². The van der Waals surface area contributed by atoms with Crippen molar-refractivity contribution in [3.63, 3.8) is 0 Å². The van der Waals surface area contributed by atoms with Gasteiger partial charge in [0.25, 0.3) is 11.1 Å². The van der Waals surface area contributed by atoms with Crippen LogP contribution in [0, 0.1) is 16.3 Å². The molecule has 7 nitrogen and oxygen atoms in total. The summed E-state index contributed by atoms with van der Waals surface area (Å²) in [5.74, 6) is -0.470. The van der Waals surface area contributed by atoms with E-state index in [1.165, 1.54) is 15.3 Å². The smallest absolute Gasteiger partial charge is 0.278 e. The molecule has 2 aromatic carbocycles. The lowest BCUT2D eigenvalue weighted by Crippen LogP contribution is -2.29. The minimum Gasteiger partial charge on any atom is -0.399 e. The maximum absolute atomic E-state index is 14.7. The third-order valence-electron chi connectivity index (χ3n) is 5.92. The number of nitrogens with zero attached hydrogens (tertiary/aromatic N) is 3. The SMILES string of the molecule is Cc1c(Nc2ccc(I)cc2F)c2c(=O)n(C3CC3)nc(-c3cccc(N)c3)c2n(C)c1=O. The molecular weight excluding hydrogens is 536 g/mol. The number of rotatable bonds is 4. The zero-order chi connectivity index (χ0) is 23.4. The van der Waals surface area contributed by atoms with Gasteiger partial charge in [0.15, 0.2) is 0 Å². The molecule has 0 saturated heterocycles. The van der Waals surface area contributed by atoms with Crippen LogP contribution in [0.3, 0.4) is 0 Å². The van der Waals surface area contributed by atoms with Gasteiger partial charge in [-0.2, -0.15) is 5.10 Å². The fraction of sp³-hybridized carbons (Fsp3) is 0.208. The van der Waals surface area contributed by atoms with Crippen molar-refractivity contribution in [1.82, 2.24) is 14.3 Å². The van der Waals surface area contributed by atoms with Crippen LogP contribution in [0.15, 0.2) is 52.1 Å². The Morgan fingerprint density at radius 3 is 2.58 bits per heavy atom. The summed E-state index contributed by atoms with van der Waals surface area (Å²) < 4.78 is 18.4. The predicted molar refractivity (Wildman–Crippen MR) is 137 cm³/mol. The topological polar surface area (TPSA) is 94.9 Å². The molecule has 5 rings (SSSR count). The van der Waals surface area contributed by atoms with Crippen molar-refractivity contribution in [1.29, 1.82) is 0 Å². The molecule has 0 bridgehead atoms. The third-order valence-corrected chi connectivity index (χ3v) is 6.59. The lowest BCUT2D eigenvalue weighted by atomic mass is 10.0. The van der Waals surface area contributed by atoms with Crippen molar-refractivity contribution in [2.75, 3.05) is 11.1 Å². The Morgan fingerprint density at radius 2 is 1.91 bits per heavy atom. The van der Waals surface area contributed by atoms with Gasteiger partial charge in [0, 0.05) is 27.4 Å². The van der Waals surface area contributed by atoms with E-state index in [1.807, 2.05) is 28.7 Å². The molecular formula is C24H21FIN5O2. The summed E-state index contributed by atoms with van der Waals surface area (Å²) in [6.07, 6.45) is 1.71. The Morgan fingerprint density at radius 1 is 1.15 bits per heavy atom. The number of anilines is 3. The second kappa shape index (κ2) is 7.98. The zero-order valence-corrected chi connectivity index (χ0v) is 20.2. The summed E-state index contributed by atoms with van der Waals surface area (Å²) in [5.41, 5.74) is 8.31. The van der Waals surface area contributed by atoms with Crippen molar-refractivity contribution in [2.24, 2.45) is 7.05 Å². The highest BCUT2D eigenvalue weighted by Gasteiger charge is 2.30. The highest BCUT2D eigenvalue weighted by atomic mass is 127. The minimum atomic E-state index is -0.470. The summed E-state index contributed by atoms with van der Waals surface area (Å²) in [7, 11) is 1.62. The van der Waals surface area contributed by atoms with Gasteiger partial charge in [0.1, 0.15) is 11.5 Å². The first kappa shape index (κ1) is 21.6. The van der Waals surface area contributed by atoms with E-state index in [0.29, 0.717) is 39.1 Å². The molecule has 4 aromatic rings. The predicted octanol–water partition coefficient (Wildman–Crippen LogP) is 4.48. The monoisotopic (exact) mass is 557 g/mol. The number of nitrogens with two attached hydrogens (primary N) is 1. The number of nitrogens with one attached hydrogen (secondary N) is 1. The highest BCUT2D eigenvalue weighted by molar-refractivity contribution is 14.1. The first-order valence-electron chi connectivity index (χ1n) is 10.5. The summed E-state index contributed by atoms with van der Waals surface area (Å²) in [6, 6.07) is 11.9. The largest absolute Gasteiger partial charge is 0.399 e. The van der Waals surface area contributed by atoms with E-state index in [0.717, 1.165) is 16.4 Å². The second-order valence-corrected chi connectivity index (χ2v) is 9.54. The molecule has 0 radical (unpaired) electrons. The number of pyridine rings is 1.